The number of fused-ring (bicyclic) bond motifs is 3. The normalized spacial score (nSPS) is 15.9. The molecular formula is C23H29N3O4S. The maximum atomic E-state index is 13.6. The van der Waals surface area contributed by atoms with Crippen LogP contribution in [0.5, 0.6) is 5.75 Å². The maximum Gasteiger partial charge on any atom is 0.262 e. The average Bonchev–Trinajstić information content (AvgIpc) is 3.11. The fraction of sp³-hybridized carbons (Fsp3) is 0.522. The zero-order valence-corrected chi connectivity index (χ0v) is 19.1. The number of nitrogens with zero attached hydrogens (tertiary/aromatic N) is 2. The van der Waals surface area contributed by atoms with Gasteiger partial charge in [0.1, 0.15) is 10.7 Å². The first-order valence-electron chi connectivity index (χ1n) is 10.9. The molecule has 1 aliphatic carbocycles. The molecule has 0 radical (unpaired) electrons. The summed E-state index contributed by atoms with van der Waals surface area (Å²) >= 11 is 1.65. The topological polar surface area (TPSA) is 86.2 Å². The van der Waals surface area contributed by atoms with Gasteiger partial charge in [-0.15, -0.1) is 11.3 Å². The second kappa shape index (κ2) is 9.36. The first-order valence-corrected chi connectivity index (χ1v) is 11.7. The number of thiophene rings is 1. The third kappa shape index (κ3) is 4.45. The van der Waals surface area contributed by atoms with Crippen LogP contribution in [-0.2, 0) is 30.5 Å². The van der Waals surface area contributed by atoms with Gasteiger partial charge in [-0.25, -0.2) is 4.98 Å². The summed E-state index contributed by atoms with van der Waals surface area (Å²) in [6.45, 7) is 5.47. The van der Waals surface area contributed by atoms with Crippen LogP contribution < -0.4 is 15.7 Å². The lowest BCUT2D eigenvalue weighted by Gasteiger charge is -2.18. The molecule has 3 aromatic rings. The summed E-state index contributed by atoms with van der Waals surface area (Å²) in [6.07, 6.45) is 5.96. The van der Waals surface area contributed by atoms with Gasteiger partial charge in [0.25, 0.3) is 5.56 Å². The number of hydrogen-bond donors (Lipinski definition) is 1. The lowest BCUT2D eigenvalue weighted by molar-refractivity contribution is 0.199. The molecule has 166 valence electrons. The Morgan fingerprint density at radius 1 is 1.32 bits per heavy atom. The van der Waals surface area contributed by atoms with Crippen LogP contribution in [0.2, 0.25) is 0 Å². The zero-order chi connectivity index (χ0) is 22.0. The van der Waals surface area contributed by atoms with Crippen LogP contribution in [-0.4, -0.2) is 34.9 Å². The van der Waals surface area contributed by atoms with E-state index in [4.69, 9.17) is 14.5 Å². The van der Waals surface area contributed by atoms with Crippen LogP contribution >= 0.6 is 11.3 Å². The molecular weight excluding hydrogens is 414 g/mol. The van der Waals surface area contributed by atoms with Crippen molar-refractivity contribution >= 4 is 21.6 Å². The van der Waals surface area contributed by atoms with E-state index in [0.29, 0.717) is 42.8 Å². The summed E-state index contributed by atoms with van der Waals surface area (Å²) in [6, 6.07) is 1.51. The van der Waals surface area contributed by atoms with E-state index >= 15 is 0 Å². The van der Waals surface area contributed by atoms with E-state index in [9.17, 15) is 9.59 Å². The van der Waals surface area contributed by atoms with Gasteiger partial charge in [-0.05, 0) is 37.2 Å². The van der Waals surface area contributed by atoms with E-state index < -0.39 is 0 Å². The Hall–Kier alpha value is -2.45. The fourth-order valence-electron chi connectivity index (χ4n) is 4.10. The van der Waals surface area contributed by atoms with Crippen molar-refractivity contribution in [3.63, 3.8) is 0 Å². The summed E-state index contributed by atoms with van der Waals surface area (Å²) < 4.78 is 12.4. The van der Waals surface area contributed by atoms with Crippen molar-refractivity contribution in [3.05, 3.63) is 54.8 Å². The van der Waals surface area contributed by atoms with Crippen molar-refractivity contribution < 1.29 is 9.47 Å². The monoisotopic (exact) mass is 443 g/mol. The number of aryl methyl sites for hydroxylation is 1. The molecule has 8 heteroatoms. The van der Waals surface area contributed by atoms with Gasteiger partial charge in [0.05, 0.1) is 25.1 Å². The largest absolute Gasteiger partial charge is 0.488 e. The summed E-state index contributed by atoms with van der Waals surface area (Å²) in [5.41, 5.74) is 1.59. The number of aromatic amines is 1. The Morgan fingerprint density at radius 2 is 2.16 bits per heavy atom. The summed E-state index contributed by atoms with van der Waals surface area (Å²) in [5.74, 6) is 1.61. The van der Waals surface area contributed by atoms with E-state index in [1.54, 1.807) is 29.2 Å². The van der Waals surface area contributed by atoms with Gasteiger partial charge in [-0.2, -0.15) is 0 Å². The Morgan fingerprint density at radius 3 is 2.90 bits per heavy atom. The summed E-state index contributed by atoms with van der Waals surface area (Å²) in [5, 5.41) is 0.748. The molecule has 0 aliphatic heterocycles. The zero-order valence-electron chi connectivity index (χ0n) is 18.3. The molecule has 0 bridgehead atoms. The van der Waals surface area contributed by atoms with Crippen molar-refractivity contribution in [2.45, 2.75) is 52.5 Å². The molecule has 1 N–H and O–H groups in total. The van der Waals surface area contributed by atoms with Crippen molar-refractivity contribution in [2.75, 3.05) is 20.3 Å². The molecule has 4 rings (SSSR count). The molecule has 7 nitrogen and oxygen atoms in total. The van der Waals surface area contributed by atoms with E-state index in [0.717, 1.165) is 35.9 Å². The third-order valence-electron chi connectivity index (χ3n) is 5.75. The minimum absolute atomic E-state index is 0.0321. The van der Waals surface area contributed by atoms with Crippen LogP contribution in [0.4, 0.5) is 0 Å². The third-order valence-corrected chi connectivity index (χ3v) is 6.90. The first kappa shape index (κ1) is 21.8. The molecule has 0 spiro atoms. The van der Waals surface area contributed by atoms with Crippen molar-refractivity contribution in [3.8, 4) is 5.75 Å². The highest BCUT2D eigenvalue weighted by Gasteiger charge is 2.24. The minimum atomic E-state index is -0.190. The van der Waals surface area contributed by atoms with Crippen LogP contribution in [0.15, 0.2) is 21.9 Å². The van der Waals surface area contributed by atoms with Crippen LogP contribution in [0.25, 0.3) is 10.2 Å². The predicted octanol–water partition coefficient (Wildman–Crippen LogP) is 3.30. The Kier molecular flexibility index (Phi) is 6.57. The molecule has 0 saturated carbocycles. The number of methoxy groups -OCH3 is 1. The molecule has 1 atom stereocenters. The van der Waals surface area contributed by atoms with Crippen LogP contribution in [0.3, 0.4) is 0 Å². The minimum Gasteiger partial charge on any atom is -0.488 e. The molecule has 0 amide bonds. The van der Waals surface area contributed by atoms with E-state index in [1.165, 1.54) is 16.5 Å². The highest BCUT2D eigenvalue weighted by atomic mass is 32.1. The smallest absolute Gasteiger partial charge is 0.262 e. The fourth-order valence-corrected chi connectivity index (χ4v) is 5.49. The van der Waals surface area contributed by atoms with Gasteiger partial charge in [0.15, 0.2) is 5.75 Å². The van der Waals surface area contributed by atoms with Crippen LogP contribution in [0, 0.1) is 5.92 Å². The first-order chi connectivity index (χ1) is 15.0. The highest BCUT2D eigenvalue weighted by molar-refractivity contribution is 7.18. The van der Waals surface area contributed by atoms with Crippen molar-refractivity contribution in [2.24, 2.45) is 5.92 Å². The summed E-state index contributed by atoms with van der Waals surface area (Å²) in [7, 11) is 1.64. The number of hydrogen-bond acceptors (Lipinski definition) is 6. The predicted molar refractivity (Wildman–Crippen MR) is 123 cm³/mol. The van der Waals surface area contributed by atoms with Gasteiger partial charge in [0.2, 0.25) is 5.43 Å². The van der Waals surface area contributed by atoms with Gasteiger partial charge in [-0.3, -0.25) is 14.2 Å². The number of H-pyrrole nitrogens is 1. The number of rotatable bonds is 8. The lowest BCUT2D eigenvalue weighted by Crippen LogP contribution is -2.28. The van der Waals surface area contributed by atoms with E-state index in [1.807, 2.05) is 6.92 Å². The number of ether oxygens (including phenoxy) is 2. The highest BCUT2D eigenvalue weighted by Crippen LogP contribution is 2.35. The second-order valence-corrected chi connectivity index (χ2v) is 9.31. The molecule has 1 aliphatic rings. The molecule has 0 fully saturated rings. The maximum absolute atomic E-state index is 13.6. The molecule has 1 unspecified atom stereocenters. The molecule has 31 heavy (non-hydrogen) atoms. The van der Waals surface area contributed by atoms with Gasteiger partial charge >= 0.3 is 0 Å². The van der Waals surface area contributed by atoms with Crippen molar-refractivity contribution in [1.29, 1.82) is 0 Å². The summed E-state index contributed by atoms with van der Waals surface area (Å²) in [4.78, 5) is 36.1. The number of nitrogens with one attached hydrogen (secondary N) is 1. The molecule has 0 saturated heterocycles. The van der Waals surface area contributed by atoms with Crippen LogP contribution in [0.1, 0.15) is 48.6 Å². The quantitative estimate of drug-likeness (QED) is 0.577. The molecule has 0 aromatic carbocycles. The average molecular weight is 444 g/mol. The van der Waals surface area contributed by atoms with Gasteiger partial charge in [-0.1, -0.05) is 13.8 Å². The second-order valence-electron chi connectivity index (χ2n) is 8.23. The standard InChI is InChI=1S/C23H29N3O4S/c1-4-8-30-18-12-24-15(11-17(18)27)13-26-20(7-9-29-3)25-22-21(23(26)28)16-6-5-14(2)10-19(16)31-22/h11-12,14H,4-10,13H2,1-3H3,(H,24,27). The Bertz CT molecular complexity index is 1190. The number of pyridine rings is 1. The van der Waals surface area contributed by atoms with E-state index in [-0.39, 0.29) is 17.5 Å². The Balaban J connectivity index is 1.76. The SMILES string of the molecule is CCCOc1c[nH]c(Cn2c(CCOC)nc3sc4c(c3c2=O)CCC(C)C4)cc1=O. The number of aromatic nitrogens is 3. The lowest BCUT2D eigenvalue weighted by atomic mass is 9.89. The van der Waals surface area contributed by atoms with Gasteiger partial charge in [0, 0.05) is 36.4 Å². The van der Waals surface area contributed by atoms with Crippen molar-refractivity contribution in [1.82, 2.24) is 14.5 Å². The molecule has 3 heterocycles. The van der Waals surface area contributed by atoms with Gasteiger partial charge < -0.3 is 14.5 Å². The molecule has 3 aromatic heterocycles. The Labute approximate surface area is 185 Å². The van der Waals surface area contributed by atoms with E-state index in [2.05, 4.69) is 11.9 Å².